The lowest BCUT2D eigenvalue weighted by Crippen LogP contribution is -2.73. The summed E-state index contributed by atoms with van der Waals surface area (Å²) in [5, 5.41) is 80.6. The fourth-order valence-corrected chi connectivity index (χ4v) is 7.03. The molecule has 0 bridgehead atoms. The fourth-order valence-electron chi connectivity index (χ4n) is 7.03. The minimum atomic E-state index is -2.17. The van der Waals surface area contributed by atoms with Gasteiger partial charge in [0, 0.05) is 28.2 Å². The van der Waals surface area contributed by atoms with E-state index in [1.54, 1.807) is 0 Å². The van der Waals surface area contributed by atoms with Crippen LogP contribution in [0.15, 0.2) is 0 Å². The number of hydrogen-bond donors (Lipinski definition) is 11. The molecule has 4 aliphatic rings. The van der Waals surface area contributed by atoms with Crippen molar-refractivity contribution in [3.05, 3.63) is 0 Å². The van der Waals surface area contributed by atoms with Gasteiger partial charge in [-0.2, -0.15) is 0 Å². The van der Waals surface area contributed by atoms with Crippen molar-refractivity contribution in [2.45, 2.75) is 165 Å². The molecule has 20 unspecified atom stereocenters. The summed E-state index contributed by atoms with van der Waals surface area (Å²) >= 11 is 0. The molecule has 4 heterocycles. The zero-order valence-corrected chi connectivity index (χ0v) is 31.3. The predicted octanol–water partition coefficient (Wildman–Crippen LogP) is -6.15. The van der Waals surface area contributed by atoms with Crippen LogP contribution >= 0.6 is 0 Å². The van der Waals surface area contributed by atoms with Crippen LogP contribution in [-0.2, 0) is 57.2 Å². The van der Waals surface area contributed by atoms with Crippen molar-refractivity contribution in [3.8, 4) is 0 Å². The molecule has 4 rings (SSSR count). The van der Waals surface area contributed by atoms with Gasteiger partial charge < -0.3 is 90.1 Å². The molecule has 57 heavy (non-hydrogen) atoms. The number of rotatable bonds is 13. The Bertz CT molecular complexity index is 1330. The van der Waals surface area contributed by atoms with Gasteiger partial charge in [0.25, 0.3) is 0 Å². The van der Waals surface area contributed by atoms with Crippen LogP contribution in [0.2, 0.25) is 0 Å². The van der Waals surface area contributed by atoms with Gasteiger partial charge in [0.15, 0.2) is 31.2 Å². The molecule has 0 saturated carbocycles. The van der Waals surface area contributed by atoms with E-state index in [-0.39, 0.29) is 27.0 Å². The lowest BCUT2D eigenvalue weighted by atomic mass is 9.81. The summed E-state index contributed by atoms with van der Waals surface area (Å²) in [6.07, 6.45) is -23.9. The van der Waals surface area contributed by atoms with Crippen LogP contribution < -0.4 is 21.8 Å². The fraction of sp³-hybridized carbons (Fsp3) is 0.875. The first-order valence-corrected chi connectivity index (χ1v) is 17.2. The van der Waals surface area contributed by atoms with Crippen molar-refractivity contribution in [1.82, 2.24) is 16.1 Å². The third-order valence-electron chi connectivity index (χ3n) is 9.93. The Kier molecular flexibility index (Phi) is 19.7. The molecule has 3 amide bonds. The minimum Gasteiger partial charge on any atom is -0.394 e. The van der Waals surface area contributed by atoms with Gasteiger partial charge >= 0.3 is 6.47 Å². The van der Waals surface area contributed by atoms with Crippen LogP contribution in [0.4, 0.5) is 4.70 Å². The van der Waals surface area contributed by atoms with Gasteiger partial charge in [-0.3, -0.25) is 23.9 Å². The Hall–Kier alpha value is -2.73. The smallest absolute Gasteiger partial charge is 0.312 e. The second-order valence-electron chi connectivity index (χ2n) is 14.1. The number of carbonyl (C=O) groups excluding carboxylic acids is 4. The average molecular weight is 832 g/mol. The van der Waals surface area contributed by atoms with Gasteiger partial charge in [-0.05, 0) is 20.8 Å². The first-order valence-electron chi connectivity index (χ1n) is 17.2. The van der Waals surface area contributed by atoms with Gasteiger partial charge in [-0.1, -0.05) is 14.4 Å². The number of primary amides is 1. The summed E-state index contributed by atoms with van der Waals surface area (Å²) in [4.78, 5) is 52.4. The zero-order valence-electron chi connectivity index (χ0n) is 31.3. The first-order chi connectivity index (χ1) is 25.2. The monoisotopic (exact) mass is 831 g/mol. The Labute approximate surface area is 329 Å². The highest BCUT2D eigenvalue weighted by Crippen LogP contribution is 2.37. The lowest BCUT2D eigenvalue weighted by Gasteiger charge is -2.52. The topological polar surface area (TPSA) is 346 Å². The van der Waals surface area contributed by atoms with Crippen molar-refractivity contribution in [2.75, 3.05) is 6.61 Å². The van der Waals surface area contributed by atoms with E-state index in [0.717, 1.165) is 13.8 Å². The molecule has 25 heteroatoms. The Morgan fingerprint density at radius 1 is 0.772 bits per heavy atom. The first kappa shape index (κ1) is 52.3. The Morgan fingerprint density at radius 2 is 1.35 bits per heavy atom. The molecule has 0 spiro atoms. The van der Waals surface area contributed by atoms with Crippen LogP contribution in [0, 0.1) is 5.92 Å². The van der Waals surface area contributed by atoms with Crippen molar-refractivity contribution < 1.29 is 97.6 Å². The molecule has 4 aliphatic heterocycles. The van der Waals surface area contributed by atoms with E-state index in [2.05, 4.69) is 21.0 Å². The van der Waals surface area contributed by atoms with E-state index in [4.69, 9.17) is 38.9 Å². The molecular formula is C32H57BFN4O19. The third-order valence-corrected chi connectivity index (χ3v) is 9.93. The number of aliphatic hydroxyl groups excluding tert-OH is 6. The van der Waals surface area contributed by atoms with Gasteiger partial charge in [-0.25, -0.2) is 0 Å². The molecule has 4 saturated heterocycles. The molecule has 23 nitrogen and oxygen atoms in total. The minimum absolute atomic E-state index is 0. The van der Waals surface area contributed by atoms with Gasteiger partial charge in [-0.15, -0.1) is 5.48 Å². The number of carbonyl (C=O) groups is 4. The highest BCUT2D eigenvalue weighted by Gasteiger charge is 2.58. The zero-order chi connectivity index (χ0) is 40.4. The maximum atomic E-state index is 12.4. The number of aliphatic hydroxyl groups is 7. The van der Waals surface area contributed by atoms with Crippen LogP contribution in [0.5, 0.6) is 0 Å². The maximum absolute atomic E-state index is 12.4. The Balaban J connectivity index is 0.00000541. The van der Waals surface area contributed by atoms with Crippen molar-refractivity contribution in [1.29, 1.82) is 0 Å². The summed E-state index contributed by atoms with van der Waals surface area (Å²) < 4.78 is 41.3. The van der Waals surface area contributed by atoms with Crippen LogP contribution in [0.1, 0.15) is 49.0 Å². The molecule has 12 N–H and O–H groups in total. The molecule has 4 fully saturated rings. The van der Waals surface area contributed by atoms with E-state index in [1.807, 2.05) is 0 Å². The van der Waals surface area contributed by atoms with E-state index >= 15 is 0 Å². The van der Waals surface area contributed by atoms with Gasteiger partial charge in [0.2, 0.25) is 17.7 Å². The summed E-state index contributed by atoms with van der Waals surface area (Å²) in [6.45, 7) is 6.96. The second kappa shape index (κ2) is 21.5. The van der Waals surface area contributed by atoms with Crippen molar-refractivity contribution in [2.24, 2.45) is 11.7 Å². The average Bonchev–Trinajstić information content (AvgIpc) is 3.09. The van der Waals surface area contributed by atoms with E-state index in [0.29, 0.717) is 0 Å². The normalized spacial score (nSPS) is 44.5. The van der Waals surface area contributed by atoms with Crippen molar-refractivity contribution >= 4 is 32.6 Å². The quantitative estimate of drug-likeness (QED) is 0.0467. The molecule has 0 aromatic carbocycles. The highest BCUT2D eigenvalue weighted by molar-refractivity contribution is 5.80. The molecule has 0 aliphatic carbocycles. The molecule has 20 atom stereocenters. The summed E-state index contributed by atoms with van der Waals surface area (Å²) in [5.74, 6) is -3.38. The third kappa shape index (κ3) is 11.3. The summed E-state index contributed by atoms with van der Waals surface area (Å²) in [6, 6.07) is -2.91. The van der Waals surface area contributed by atoms with Gasteiger partial charge in [0.05, 0.1) is 24.9 Å². The summed E-state index contributed by atoms with van der Waals surface area (Å²) in [5.41, 5.74) is 5.57. The highest BCUT2D eigenvalue weighted by atomic mass is 19.0. The van der Waals surface area contributed by atoms with E-state index < -0.39 is 146 Å². The molecule has 0 aromatic heterocycles. The number of nitrogens with two attached hydrogens (primary N) is 1. The molecule has 3 radical (unpaired) electrons. The van der Waals surface area contributed by atoms with Crippen molar-refractivity contribution in [3.63, 3.8) is 0 Å². The van der Waals surface area contributed by atoms with Gasteiger partial charge in [0.1, 0.15) is 66.5 Å². The number of hydrogen-bond acceptors (Lipinski definition) is 20. The number of ether oxygens (including phenoxy) is 7. The van der Waals surface area contributed by atoms with Crippen LogP contribution in [0.3, 0.4) is 0 Å². The van der Waals surface area contributed by atoms with E-state index in [1.165, 1.54) is 27.7 Å². The lowest BCUT2D eigenvalue weighted by molar-refractivity contribution is -0.369. The SMILES string of the molecule is C.CC(=O)NC1OC(OC2C(CO)OC(OC3C(C)OC(C(N)=O)C(C)(O)C3NOC=O)C(NC(C)=O)C2O)C(C)C(OC2OC(C)C(O)C(O)C2O)C1O.F.[B]. The molecule has 0 aromatic rings. The standard InChI is InChI=1S/C31H52N4O19.CH4.B.FH/c1-9-21(51-30-19(43)18(42)16(40)10(2)49-30)20(44)27(34-13(5)39)54-28(9)53-23-14(7-36)50-29(15(17(23)41)33-12(4)38)52-22-11(3)48-25(26(32)45)31(6,46)24(22)35-47-8-37;;;/h8-11,14-25,27-30,35-36,40-44,46H,7H2,1-6H3,(H2,32,45)(H,33,38)(H,34,39);1H4;;1H. The number of hydroxylamine groups is 1. The van der Waals surface area contributed by atoms with E-state index in [9.17, 15) is 54.9 Å². The Morgan fingerprint density at radius 3 is 1.89 bits per heavy atom. The number of nitrogens with one attached hydrogen (secondary N) is 3. The maximum Gasteiger partial charge on any atom is 0.312 e. The predicted molar refractivity (Wildman–Crippen MR) is 187 cm³/mol. The second-order valence-corrected chi connectivity index (χ2v) is 14.1. The van der Waals surface area contributed by atoms with Crippen LogP contribution in [0.25, 0.3) is 0 Å². The summed E-state index contributed by atoms with van der Waals surface area (Å²) in [7, 11) is 0. The number of halogens is 1. The van der Waals surface area contributed by atoms with Crippen LogP contribution in [-0.4, -0.2) is 191 Å². The largest absolute Gasteiger partial charge is 0.394 e. The number of amides is 3. The molecule has 329 valence electrons. The molecular weight excluding hydrogens is 774 g/mol.